The van der Waals surface area contributed by atoms with Crippen LogP contribution in [0.2, 0.25) is 0 Å². The highest BCUT2D eigenvalue weighted by Gasteiger charge is 2.41. The third kappa shape index (κ3) is 3.37. The smallest absolute Gasteiger partial charge is 0.310 e. The average molecular weight is 276 g/mol. The summed E-state index contributed by atoms with van der Waals surface area (Å²) in [5, 5.41) is 9.61. The molecule has 1 fully saturated rings. The maximum absolute atomic E-state index is 11.7. The van der Waals surface area contributed by atoms with E-state index in [1.165, 1.54) is 0 Å². The maximum atomic E-state index is 11.7. The van der Waals surface area contributed by atoms with Gasteiger partial charge in [0, 0.05) is 18.8 Å². The molecule has 2 rings (SSSR count). The van der Waals surface area contributed by atoms with Gasteiger partial charge in [-0.25, -0.2) is 0 Å². The van der Waals surface area contributed by atoms with Crippen molar-refractivity contribution in [1.82, 2.24) is 9.88 Å². The number of carbonyl (C=O) groups is 1. The van der Waals surface area contributed by atoms with Gasteiger partial charge in [0.05, 0.1) is 11.1 Å². The first-order valence-electron chi connectivity index (χ1n) is 7.44. The monoisotopic (exact) mass is 276 g/mol. The zero-order chi connectivity index (χ0) is 14.6. The molecule has 20 heavy (non-hydrogen) atoms. The molecular formula is C16H24N2O2. The Labute approximate surface area is 120 Å². The summed E-state index contributed by atoms with van der Waals surface area (Å²) in [4.78, 5) is 18.4. The molecular weight excluding hydrogens is 252 g/mol. The number of aryl methyl sites for hydroxylation is 1. The van der Waals surface area contributed by atoms with Crippen molar-refractivity contribution in [2.24, 2.45) is 5.41 Å². The van der Waals surface area contributed by atoms with Crippen molar-refractivity contribution >= 4 is 5.97 Å². The van der Waals surface area contributed by atoms with E-state index in [9.17, 15) is 9.90 Å². The number of pyridine rings is 1. The van der Waals surface area contributed by atoms with E-state index in [1.54, 1.807) is 0 Å². The van der Waals surface area contributed by atoms with Crippen LogP contribution in [0.5, 0.6) is 0 Å². The van der Waals surface area contributed by atoms with Crippen LogP contribution >= 0.6 is 0 Å². The van der Waals surface area contributed by atoms with Crippen molar-refractivity contribution in [3.05, 3.63) is 29.6 Å². The number of piperidine rings is 1. The van der Waals surface area contributed by atoms with Crippen molar-refractivity contribution in [2.45, 2.75) is 46.1 Å². The first-order chi connectivity index (χ1) is 9.55. The van der Waals surface area contributed by atoms with Crippen LogP contribution in [-0.4, -0.2) is 34.0 Å². The highest BCUT2D eigenvalue weighted by atomic mass is 16.4. The molecule has 1 unspecified atom stereocenters. The van der Waals surface area contributed by atoms with Crippen LogP contribution in [0.15, 0.2) is 18.2 Å². The van der Waals surface area contributed by atoms with Gasteiger partial charge in [0.2, 0.25) is 0 Å². The SMILES string of the molecule is CCCC1(C(=O)O)CCCN(Cc2cccc(C)n2)C1. The van der Waals surface area contributed by atoms with E-state index >= 15 is 0 Å². The molecule has 4 heteroatoms. The molecule has 0 saturated carbocycles. The van der Waals surface area contributed by atoms with Gasteiger partial charge in [-0.1, -0.05) is 19.4 Å². The van der Waals surface area contributed by atoms with Gasteiger partial charge in [-0.3, -0.25) is 14.7 Å². The summed E-state index contributed by atoms with van der Waals surface area (Å²) >= 11 is 0. The molecule has 0 aliphatic carbocycles. The molecule has 1 saturated heterocycles. The van der Waals surface area contributed by atoms with E-state index in [0.29, 0.717) is 6.54 Å². The largest absolute Gasteiger partial charge is 0.481 e. The molecule has 1 N–H and O–H groups in total. The lowest BCUT2D eigenvalue weighted by atomic mass is 9.76. The van der Waals surface area contributed by atoms with Crippen LogP contribution in [0.4, 0.5) is 0 Å². The summed E-state index contributed by atoms with van der Waals surface area (Å²) in [7, 11) is 0. The van der Waals surface area contributed by atoms with Crippen LogP contribution in [0, 0.1) is 12.3 Å². The van der Waals surface area contributed by atoms with Gasteiger partial charge in [-0.05, 0) is 44.9 Å². The number of hydrogen-bond acceptors (Lipinski definition) is 3. The second-order valence-electron chi connectivity index (χ2n) is 5.92. The van der Waals surface area contributed by atoms with Gasteiger partial charge in [-0.2, -0.15) is 0 Å². The quantitative estimate of drug-likeness (QED) is 0.898. The minimum absolute atomic E-state index is 0.559. The fourth-order valence-corrected chi connectivity index (χ4v) is 3.24. The summed E-state index contributed by atoms with van der Waals surface area (Å²) < 4.78 is 0. The normalized spacial score (nSPS) is 23.7. The van der Waals surface area contributed by atoms with Gasteiger partial charge in [-0.15, -0.1) is 0 Å². The molecule has 1 aromatic rings. The Morgan fingerprint density at radius 3 is 2.95 bits per heavy atom. The zero-order valence-corrected chi connectivity index (χ0v) is 12.4. The molecule has 110 valence electrons. The molecule has 0 aromatic carbocycles. The van der Waals surface area contributed by atoms with Crippen LogP contribution in [0.1, 0.15) is 44.0 Å². The maximum Gasteiger partial charge on any atom is 0.310 e. The van der Waals surface area contributed by atoms with Crippen molar-refractivity contribution in [3.8, 4) is 0 Å². The molecule has 1 aliphatic heterocycles. The van der Waals surface area contributed by atoms with Gasteiger partial charge in [0.15, 0.2) is 0 Å². The Morgan fingerprint density at radius 2 is 2.30 bits per heavy atom. The number of carboxylic acid groups (broad SMARTS) is 1. The fourth-order valence-electron chi connectivity index (χ4n) is 3.24. The van der Waals surface area contributed by atoms with Crippen LogP contribution < -0.4 is 0 Å². The average Bonchev–Trinajstić information content (AvgIpc) is 2.39. The van der Waals surface area contributed by atoms with Crippen molar-refractivity contribution in [3.63, 3.8) is 0 Å². The minimum Gasteiger partial charge on any atom is -0.481 e. The number of nitrogens with zero attached hydrogens (tertiary/aromatic N) is 2. The second-order valence-corrected chi connectivity index (χ2v) is 5.92. The van der Waals surface area contributed by atoms with Gasteiger partial charge < -0.3 is 5.11 Å². The number of aromatic nitrogens is 1. The fraction of sp³-hybridized carbons (Fsp3) is 0.625. The molecule has 4 nitrogen and oxygen atoms in total. The zero-order valence-electron chi connectivity index (χ0n) is 12.4. The predicted octanol–water partition coefficient (Wildman–Crippen LogP) is 2.86. The first kappa shape index (κ1) is 15.0. The standard InChI is InChI=1S/C16H24N2O2/c1-3-8-16(15(19)20)9-5-10-18(12-16)11-14-7-4-6-13(2)17-14/h4,6-7H,3,5,8-12H2,1-2H3,(H,19,20). The van der Waals surface area contributed by atoms with Crippen molar-refractivity contribution in [1.29, 1.82) is 0 Å². The van der Waals surface area contributed by atoms with Crippen molar-refractivity contribution < 1.29 is 9.90 Å². The number of rotatable bonds is 5. The lowest BCUT2D eigenvalue weighted by Gasteiger charge is -2.39. The van der Waals surface area contributed by atoms with E-state index in [2.05, 4.69) is 16.8 Å². The summed E-state index contributed by atoms with van der Waals surface area (Å²) in [6, 6.07) is 6.01. The highest BCUT2D eigenvalue weighted by Crippen LogP contribution is 2.35. The van der Waals surface area contributed by atoms with E-state index in [4.69, 9.17) is 0 Å². The van der Waals surface area contributed by atoms with E-state index < -0.39 is 11.4 Å². The Kier molecular flexibility index (Phi) is 4.76. The van der Waals surface area contributed by atoms with Crippen LogP contribution in [0.25, 0.3) is 0 Å². The lowest BCUT2D eigenvalue weighted by Crippen LogP contribution is -2.47. The second kappa shape index (κ2) is 6.35. The third-order valence-corrected chi connectivity index (χ3v) is 4.17. The number of likely N-dealkylation sites (tertiary alicyclic amines) is 1. The lowest BCUT2D eigenvalue weighted by molar-refractivity contribution is -0.153. The van der Waals surface area contributed by atoms with Gasteiger partial charge >= 0.3 is 5.97 Å². The Hall–Kier alpha value is -1.42. The summed E-state index contributed by atoms with van der Waals surface area (Å²) in [5.41, 5.74) is 1.48. The molecule has 1 atom stereocenters. The molecule has 2 heterocycles. The number of hydrogen-bond donors (Lipinski definition) is 1. The predicted molar refractivity (Wildman–Crippen MR) is 78.5 cm³/mol. The molecule has 1 aliphatic rings. The first-order valence-corrected chi connectivity index (χ1v) is 7.44. The summed E-state index contributed by atoms with van der Waals surface area (Å²) in [6.07, 6.45) is 3.44. The Morgan fingerprint density at radius 1 is 1.50 bits per heavy atom. The highest BCUT2D eigenvalue weighted by molar-refractivity contribution is 5.75. The van der Waals surface area contributed by atoms with Gasteiger partial charge in [0.1, 0.15) is 0 Å². The van der Waals surface area contributed by atoms with E-state index in [1.807, 2.05) is 25.1 Å². The summed E-state index contributed by atoms with van der Waals surface area (Å²) in [5.74, 6) is -0.638. The Bertz CT molecular complexity index is 471. The van der Waals surface area contributed by atoms with Crippen LogP contribution in [-0.2, 0) is 11.3 Å². The summed E-state index contributed by atoms with van der Waals surface area (Å²) in [6.45, 7) is 6.41. The van der Waals surface area contributed by atoms with E-state index in [0.717, 1.165) is 50.2 Å². The third-order valence-electron chi connectivity index (χ3n) is 4.17. The van der Waals surface area contributed by atoms with E-state index in [-0.39, 0.29) is 0 Å². The molecule has 0 bridgehead atoms. The van der Waals surface area contributed by atoms with Gasteiger partial charge in [0.25, 0.3) is 0 Å². The van der Waals surface area contributed by atoms with Crippen molar-refractivity contribution in [2.75, 3.05) is 13.1 Å². The molecule has 0 amide bonds. The van der Waals surface area contributed by atoms with Crippen LogP contribution in [0.3, 0.4) is 0 Å². The Balaban J connectivity index is 2.08. The topological polar surface area (TPSA) is 53.4 Å². The number of carboxylic acids is 1. The minimum atomic E-state index is -0.638. The molecule has 0 radical (unpaired) electrons. The molecule has 1 aromatic heterocycles. The number of aliphatic carboxylic acids is 1. The molecule has 0 spiro atoms.